The van der Waals surface area contributed by atoms with Crippen molar-refractivity contribution < 1.29 is 28.2 Å². The molecule has 1 aromatic rings. The highest BCUT2D eigenvalue weighted by Crippen LogP contribution is 2.36. The van der Waals surface area contributed by atoms with Crippen LogP contribution in [0.4, 0.5) is 0 Å². The molecule has 1 aromatic carbocycles. The lowest BCUT2D eigenvalue weighted by Gasteiger charge is -2.32. The van der Waals surface area contributed by atoms with Crippen molar-refractivity contribution in [1.29, 1.82) is 0 Å². The van der Waals surface area contributed by atoms with E-state index in [1.807, 2.05) is 33.8 Å². The summed E-state index contributed by atoms with van der Waals surface area (Å²) in [6, 6.07) is 5.38. The van der Waals surface area contributed by atoms with E-state index in [-0.39, 0.29) is 13.1 Å². The third-order valence-corrected chi connectivity index (χ3v) is 5.47. The molecule has 0 aliphatic carbocycles. The second-order valence-corrected chi connectivity index (χ2v) is 8.81. The van der Waals surface area contributed by atoms with Crippen LogP contribution in [0.25, 0.3) is 0 Å². The van der Waals surface area contributed by atoms with Gasteiger partial charge in [-0.2, -0.15) is 0 Å². The van der Waals surface area contributed by atoms with Crippen LogP contribution in [0.15, 0.2) is 22.7 Å². The Hall–Kier alpha value is -1.35. The average Bonchev–Trinajstić information content (AvgIpc) is 2.72. The molecular formula is C17H22B2BrNO6. The zero-order chi connectivity index (χ0) is 20.0. The molecule has 0 atom stereocenters. The van der Waals surface area contributed by atoms with Crippen LogP contribution < -0.4 is 10.9 Å². The standard InChI is InChI=1S/C17H22B2BrNO6/c1-16(2)17(3,4)27-19(26-16)12-6-11(7-13(20)8-12)18-24-14(22)9-21(5)10-15(23)25-18/h6-8H,9-10H2,1-5H3. The number of nitrogens with zero attached hydrogens (tertiary/aromatic N) is 1. The normalized spacial score (nSPS) is 22.9. The van der Waals surface area contributed by atoms with Gasteiger partial charge in [0.25, 0.3) is 0 Å². The number of carbonyl (C=O) groups excluding carboxylic acids is 2. The first-order chi connectivity index (χ1) is 12.5. The van der Waals surface area contributed by atoms with Gasteiger partial charge in [0.2, 0.25) is 0 Å². The molecule has 2 heterocycles. The molecule has 0 bridgehead atoms. The van der Waals surface area contributed by atoms with Crippen LogP contribution in [-0.2, 0) is 28.2 Å². The summed E-state index contributed by atoms with van der Waals surface area (Å²) in [6.07, 6.45) is 0. The van der Waals surface area contributed by atoms with Crippen LogP contribution in [0.2, 0.25) is 0 Å². The topological polar surface area (TPSA) is 74.3 Å². The summed E-state index contributed by atoms with van der Waals surface area (Å²) in [6.45, 7) is 7.93. The van der Waals surface area contributed by atoms with Crippen molar-refractivity contribution in [2.24, 2.45) is 0 Å². The Bertz CT molecular complexity index is 736. The maximum atomic E-state index is 12.0. The van der Waals surface area contributed by atoms with Gasteiger partial charge in [-0.15, -0.1) is 0 Å². The second kappa shape index (κ2) is 7.24. The average molecular weight is 438 g/mol. The first-order valence-corrected chi connectivity index (χ1v) is 9.50. The van der Waals surface area contributed by atoms with E-state index in [9.17, 15) is 9.59 Å². The third kappa shape index (κ3) is 4.39. The van der Waals surface area contributed by atoms with Crippen LogP contribution in [-0.4, -0.2) is 62.4 Å². The van der Waals surface area contributed by atoms with Gasteiger partial charge in [-0.05, 0) is 52.3 Å². The van der Waals surface area contributed by atoms with E-state index in [1.54, 1.807) is 19.2 Å². The summed E-state index contributed by atoms with van der Waals surface area (Å²) in [7, 11) is -0.0482. The lowest BCUT2D eigenvalue weighted by molar-refractivity contribution is -0.145. The summed E-state index contributed by atoms with van der Waals surface area (Å²) in [4.78, 5) is 25.6. The Morgan fingerprint density at radius 3 is 1.81 bits per heavy atom. The van der Waals surface area contributed by atoms with Gasteiger partial charge in [0.15, 0.2) is 0 Å². The fraction of sp³-hybridized carbons (Fsp3) is 0.529. The van der Waals surface area contributed by atoms with Gasteiger partial charge in [0.05, 0.1) is 24.3 Å². The molecular weight excluding hydrogens is 416 g/mol. The predicted molar refractivity (Wildman–Crippen MR) is 105 cm³/mol. The number of carbonyl (C=O) groups is 2. The monoisotopic (exact) mass is 437 g/mol. The smallest absolute Gasteiger partial charge is 0.494 e. The van der Waals surface area contributed by atoms with Crippen molar-refractivity contribution in [3.63, 3.8) is 0 Å². The molecule has 0 N–H and O–H groups in total. The van der Waals surface area contributed by atoms with Crippen molar-refractivity contribution >= 4 is 53.0 Å². The van der Waals surface area contributed by atoms with E-state index >= 15 is 0 Å². The first-order valence-electron chi connectivity index (χ1n) is 8.70. The minimum Gasteiger partial charge on any atom is -0.494 e. The van der Waals surface area contributed by atoms with Gasteiger partial charge in [-0.1, -0.05) is 22.0 Å². The van der Waals surface area contributed by atoms with Gasteiger partial charge >= 0.3 is 26.2 Å². The SMILES string of the molecule is CN1CC(=O)OB(c2cc(Br)cc(B3OC(C)(C)C(C)(C)O3)c2)OC(=O)C1. The van der Waals surface area contributed by atoms with Crippen LogP contribution in [0.1, 0.15) is 27.7 Å². The molecule has 27 heavy (non-hydrogen) atoms. The number of rotatable bonds is 2. The van der Waals surface area contributed by atoms with Crippen LogP contribution >= 0.6 is 15.9 Å². The lowest BCUT2D eigenvalue weighted by Crippen LogP contribution is -2.49. The van der Waals surface area contributed by atoms with Gasteiger partial charge < -0.3 is 18.6 Å². The zero-order valence-corrected chi connectivity index (χ0v) is 17.7. The zero-order valence-electron chi connectivity index (χ0n) is 16.1. The highest BCUT2D eigenvalue weighted by molar-refractivity contribution is 9.10. The Balaban J connectivity index is 1.89. The second-order valence-electron chi connectivity index (χ2n) is 7.89. The molecule has 10 heteroatoms. The van der Waals surface area contributed by atoms with Crippen LogP contribution in [0.5, 0.6) is 0 Å². The van der Waals surface area contributed by atoms with E-state index in [4.69, 9.17) is 18.6 Å². The Labute approximate surface area is 168 Å². The molecule has 144 valence electrons. The molecule has 0 spiro atoms. The van der Waals surface area contributed by atoms with Crippen molar-refractivity contribution in [2.75, 3.05) is 20.1 Å². The number of hydrogen-bond donors (Lipinski definition) is 0. The number of likely N-dealkylation sites (N-methyl/N-ethyl adjacent to an activating group) is 1. The molecule has 2 aliphatic heterocycles. The predicted octanol–water partition coefficient (Wildman–Crippen LogP) is 0.475. The fourth-order valence-electron chi connectivity index (χ4n) is 2.86. The number of benzene rings is 1. The van der Waals surface area contributed by atoms with Gasteiger partial charge in [0, 0.05) is 9.94 Å². The molecule has 0 radical (unpaired) electrons. The minimum absolute atomic E-state index is 0.0175. The molecule has 2 saturated heterocycles. The largest absolute Gasteiger partial charge is 0.636 e. The van der Waals surface area contributed by atoms with E-state index < -0.39 is 37.4 Å². The number of hydrogen-bond acceptors (Lipinski definition) is 7. The summed E-state index contributed by atoms with van der Waals surface area (Å²) in [5.41, 5.74) is 0.304. The quantitative estimate of drug-likeness (QED) is 0.623. The fourth-order valence-corrected chi connectivity index (χ4v) is 3.39. The Morgan fingerprint density at radius 1 is 0.889 bits per heavy atom. The van der Waals surface area contributed by atoms with E-state index in [2.05, 4.69) is 15.9 Å². The molecule has 0 unspecified atom stereocenters. The minimum atomic E-state index is -1.11. The molecule has 2 fully saturated rings. The highest BCUT2D eigenvalue weighted by Gasteiger charge is 2.52. The Kier molecular flexibility index (Phi) is 5.46. The van der Waals surface area contributed by atoms with Crippen LogP contribution in [0.3, 0.4) is 0 Å². The molecule has 0 aromatic heterocycles. The van der Waals surface area contributed by atoms with Gasteiger partial charge in [-0.3, -0.25) is 14.5 Å². The first kappa shape index (κ1) is 20.4. The summed E-state index contributed by atoms with van der Waals surface area (Å²) in [5.74, 6) is -0.931. The van der Waals surface area contributed by atoms with Crippen molar-refractivity contribution in [2.45, 2.75) is 38.9 Å². The van der Waals surface area contributed by atoms with Crippen LogP contribution in [0, 0.1) is 0 Å². The molecule has 2 aliphatic rings. The van der Waals surface area contributed by atoms with Crippen molar-refractivity contribution in [3.8, 4) is 0 Å². The van der Waals surface area contributed by atoms with Gasteiger partial charge in [-0.25, -0.2) is 0 Å². The number of halogens is 1. The maximum absolute atomic E-state index is 12.0. The third-order valence-electron chi connectivity index (χ3n) is 5.02. The van der Waals surface area contributed by atoms with E-state index in [1.165, 1.54) is 4.90 Å². The summed E-state index contributed by atoms with van der Waals surface area (Å²) < 4.78 is 23.6. The molecule has 7 nitrogen and oxygen atoms in total. The molecule has 0 saturated carbocycles. The lowest BCUT2D eigenvalue weighted by atomic mass is 9.71. The summed E-state index contributed by atoms with van der Waals surface area (Å²) in [5, 5.41) is 0. The van der Waals surface area contributed by atoms with E-state index in [0.29, 0.717) is 5.46 Å². The van der Waals surface area contributed by atoms with E-state index in [0.717, 1.165) is 9.94 Å². The highest BCUT2D eigenvalue weighted by atomic mass is 79.9. The maximum Gasteiger partial charge on any atom is 0.636 e. The summed E-state index contributed by atoms with van der Waals surface area (Å²) >= 11 is 3.46. The Morgan fingerprint density at radius 2 is 1.33 bits per heavy atom. The van der Waals surface area contributed by atoms with Crippen molar-refractivity contribution in [1.82, 2.24) is 4.90 Å². The molecule has 0 amide bonds. The molecule has 3 rings (SSSR count). The van der Waals surface area contributed by atoms with Gasteiger partial charge in [0.1, 0.15) is 0 Å². The van der Waals surface area contributed by atoms with Crippen molar-refractivity contribution in [3.05, 3.63) is 22.7 Å².